The number of nitrogens with zero attached hydrogens (tertiary/aromatic N) is 1. The molecule has 1 unspecified atom stereocenters. The van der Waals surface area contributed by atoms with Crippen LogP contribution >= 0.6 is 0 Å². The number of fused-ring (bicyclic) bond motifs is 1. The van der Waals surface area contributed by atoms with Crippen LogP contribution in [0.1, 0.15) is 46.3 Å². The number of amides is 1. The first-order valence-corrected chi connectivity index (χ1v) is 8.82. The summed E-state index contributed by atoms with van der Waals surface area (Å²) in [5, 5.41) is 10.9. The lowest BCUT2D eigenvalue weighted by Gasteiger charge is -2.36. The van der Waals surface area contributed by atoms with Gasteiger partial charge in [0.15, 0.2) is 11.5 Å². The lowest BCUT2D eigenvalue weighted by atomic mass is 10.0. The van der Waals surface area contributed by atoms with Crippen molar-refractivity contribution < 1.29 is 28.8 Å². The van der Waals surface area contributed by atoms with Crippen LogP contribution in [0, 0.1) is 0 Å². The van der Waals surface area contributed by atoms with E-state index in [4.69, 9.17) is 18.9 Å². The highest BCUT2D eigenvalue weighted by atomic mass is 16.6. The molecule has 0 bridgehead atoms. The van der Waals surface area contributed by atoms with Gasteiger partial charge in [0.25, 0.3) is 0 Å². The highest BCUT2D eigenvalue weighted by Crippen LogP contribution is 2.38. The molecule has 1 aromatic rings. The molecule has 2 aliphatic heterocycles. The number of carbonyl (C=O) groups is 1. The van der Waals surface area contributed by atoms with Gasteiger partial charge in [-0.25, -0.2) is 4.79 Å². The first-order valence-electron chi connectivity index (χ1n) is 8.82. The number of benzene rings is 1. The Morgan fingerprint density at radius 3 is 2.58 bits per heavy atom. The van der Waals surface area contributed by atoms with Crippen LogP contribution in [-0.4, -0.2) is 53.3 Å². The Bertz CT molecular complexity index is 681. The molecule has 26 heavy (non-hydrogen) atoms. The Morgan fingerprint density at radius 2 is 1.92 bits per heavy atom. The molecular weight excluding hydrogens is 338 g/mol. The van der Waals surface area contributed by atoms with Crippen molar-refractivity contribution in [3.8, 4) is 11.5 Å². The van der Waals surface area contributed by atoms with E-state index in [2.05, 4.69) is 0 Å². The fourth-order valence-electron chi connectivity index (χ4n) is 3.20. The van der Waals surface area contributed by atoms with Crippen molar-refractivity contribution >= 4 is 6.09 Å². The molecule has 1 amide bonds. The van der Waals surface area contributed by atoms with Crippen molar-refractivity contribution in [2.45, 2.75) is 58.1 Å². The van der Waals surface area contributed by atoms with E-state index in [9.17, 15) is 9.90 Å². The summed E-state index contributed by atoms with van der Waals surface area (Å²) in [4.78, 5) is 14.2. The van der Waals surface area contributed by atoms with E-state index in [1.54, 1.807) is 52.8 Å². The predicted octanol–water partition coefficient (Wildman–Crippen LogP) is 2.86. The summed E-state index contributed by atoms with van der Waals surface area (Å²) < 4.78 is 22.4. The van der Waals surface area contributed by atoms with Crippen molar-refractivity contribution in [1.29, 1.82) is 0 Å². The van der Waals surface area contributed by atoms with Gasteiger partial charge in [-0.05, 0) is 52.3 Å². The van der Waals surface area contributed by atoms with Crippen LogP contribution in [-0.2, 0) is 9.47 Å². The molecule has 0 aliphatic carbocycles. The summed E-state index contributed by atoms with van der Waals surface area (Å²) in [5.41, 5.74) is -0.876. The zero-order chi connectivity index (χ0) is 19.1. The van der Waals surface area contributed by atoms with Crippen molar-refractivity contribution in [2.24, 2.45) is 0 Å². The number of aliphatic hydroxyl groups is 1. The van der Waals surface area contributed by atoms with Crippen LogP contribution in [0.25, 0.3) is 0 Å². The van der Waals surface area contributed by atoms with E-state index in [1.165, 1.54) is 4.90 Å². The third kappa shape index (κ3) is 3.73. The Kier molecular flexibility index (Phi) is 4.79. The van der Waals surface area contributed by atoms with Crippen molar-refractivity contribution in [3.63, 3.8) is 0 Å². The zero-order valence-corrected chi connectivity index (χ0v) is 15.9. The molecule has 1 aromatic carbocycles. The van der Waals surface area contributed by atoms with E-state index in [0.717, 1.165) is 0 Å². The van der Waals surface area contributed by atoms with Gasteiger partial charge in [-0.1, -0.05) is 6.07 Å². The topological polar surface area (TPSA) is 77.5 Å². The van der Waals surface area contributed by atoms with Gasteiger partial charge >= 0.3 is 6.09 Å². The van der Waals surface area contributed by atoms with Gasteiger partial charge in [-0.3, -0.25) is 4.90 Å². The van der Waals surface area contributed by atoms with Crippen LogP contribution in [0.2, 0.25) is 0 Å². The second-order valence-electron chi connectivity index (χ2n) is 8.02. The van der Waals surface area contributed by atoms with Gasteiger partial charge in [-0.2, -0.15) is 0 Å². The minimum absolute atomic E-state index is 0.210. The molecular formula is C19H27NO6. The normalized spacial score (nSPS) is 22.8. The maximum absolute atomic E-state index is 12.7. The van der Waals surface area contributed by atoms with Crippen LogP contribution < -0.4 is 9.47 Å². The van der Waals surface area contributed by atoms with Gasteiger partial charge in [-0.15, -0.1) is 0 Å². The molecule has 0 aromatic heterocycles. The third-order valence-corrected chi connectivity index (χ3v) is 4.38. The highest BCUT2D eigenvalue weighted by Gasteiger charge is 2.48. The van der Waals surface area contributed by atoms with Gasteiger partial charge < -0.3 is 24.1 Å². The molecule has 1 fully saturated rings. The van der Waals surface area contributed by atoms with E-state index in [1.807, 2.05) is 0 Å². The Morgan fingerprint density at radius 1 is 1.27 bits per heavy atom. The average molecular weight is 365 g/mol. The molecule has 1 N–H and O–H groups in total. The molecule has 7 heteroatoms. The van der Waals surface area contributed by atoms with Crippen LogP contribution in [0.5, 0.6) is 11.5 Å². The van der Waals surface area contributed by atoms with E-state index >= 15 is 0 Å². The summed E-state index contributed by atoms with van der Waals surface area (Å²) in [5.74, 6) is 1.24. The third-order valence-electron chi connectivity index (χ3n) is 4.38. The molecule has 0 spiro atoms. The molecule has 0 radical (unpaired) electrons. The Labute approximate surface area is 153 Å². The predicted molar refractivity (Wildman–Crippen MR) is 94.3 cm³/mol. The summed E-state index contributed by atoms with van der Waals surface area (Å²) in [6, 6.07) is 4.72. The van der Waals surface area contributed by atoms with Crippen LogP contribution in [0.3, 0.4) is 0 Å². The minimum Gasteiger partial charge on any atom is -0.486 e. The molecule has 144 valence electrons. The van der Waals surface area contributed by atoms with Crippen molar-refractivity contribution in [1.82, 2.24) is 4.90 Å². The molecule has 1 saturated heterocycles. The average Bonchev–Trinajstić information content (AvgIpc) is 2.87. The quantitative estimate of drug-likeness (QED) is 0.868. The SMILES string of the molecule is CC(C)(C)OC(=O)N1C([C@H](O)c2ccc3c(c2)OCCO3)COC1(C)C. The maximum Gasteiger partial charge on any atom is 0.413 e. The van der Waals surface area contributed by atoms with Gasteiger partial charge in [0.05, 0.1) is 12.6 Å². The van der Waals surface area contributed by atoms with Crippen LogP contribution in [0.15, 0.2) is 18.2 Å². The number of rotatable bonds is 2. The molecule has 2 atom stereocenters. The lowest BCUT2D eigenvalue weighted by Crippen LogP contribution is -2.51. The molecule has 7 nitrogen and oxygen atoms in total. The Balaban J connectivity index is 1.85. The number of ether oxygens (including phenoxy) is 4. The van der Waals surface area contributed by atoms with Crippen molar-refractivity contribution in [3.05, 3.63) is 23.8 Å². The van der Waals surface area contributed by atoms with E-state index in [0.29, 0.717) is 30.3 Å². The fourth-order valence-corrected chi connectivity index (χ4v) is 3.20. The van der Waals surface area contributed by atoms with E-state index in [-0.39, 0.29) is 6.61 Å². The molecule has 3 rings (SSSR count). The second kappa shape index (κ2) is 6.63. The van der Waals surface area contributed by atoms with Gasteiger partial charge in [0.2, 0.25) is 0 Å². The van der Waals surface area contributed by atoms with Crippen LogP contribution in [0.4, 0.5) is 4.79 Å². The summed E-state index contributed by atoms with van der Waals surface area (Å²) in [6.45, 7) is 10.2. The monoisotopic (exact) mass is 365 g/mol. The Hall–Kier alpha value is -1.99. The maximum atomic E-state index is 12.7. The zero-order valence-electron chi connectivity index (χ0n) is 15.9. The number of hydrogen-bond acceptors (Lipinski definition) is 6. The number of aliphatic hydroxyl groups excluding tert-OH is 1. The molecule has 0 saturated carbocycles. The molecule has 2 aliphatic rings. The van der Waals surface area contributed by atoms with Gasteiger partial charge in [0, 0.05) is 0 Å². The largest absolute Gasteiger partial charge is 0.486 e. The number of carbonyl (C=O) groups excluding carboxylic acids is 1. The summed E-state index contributed by atoms with van der Waals surface area (Å²) in [7, 11) is 0. The highest BCUT2D eigenvalue weighted by molar-refractivity contribution is 5.70. The van der Waals surface area contributed by atoms with Gasteiger partial charge in [0.1, 0.15) is 30.6 Å². The minimum atomic E-state index is -0.944. The first-order chi connectivity index (χ1) is 12.1. The first kappa shape index (κ1) is 18.8. The summed E-state index contributed by atoms with van der Waals surface area (Å²) >= 11 is 0. The summed E-state index contributed by atoms with van der Waals surface area (Å²) in [6.07, 6.45) is -1.46. The van der Waals surface area contributed by atoms with Crippen molar-refractivity contribution in [2.75, 3.05) is 19.8 Å². The van der Waals surface area contributed by atoms with E-state index < -0.39 is 29.6 Å². The number of hydrogen-bond donors (Lipinski definition) is 1. The second-order valence-corrected chi connectivity index (χ2v) is 8.02. The lowest BCUT2D eigenvalue weighted by molar-refractivity contribution is -0.0679. The standard InChI is InChI=1S/C19H27NO6/c1-18(2,3)26-17(22)20-13(11-25-19(20,4)5)16(21)12-6-7-14-15(10-12)24-9-8-23-14/h6-7,10,13,16,21H,8-9,11H2,1-5H3/t13?,16-/m1/s1. The smallest absolute Gasteiger partial charge is 0.413 e. The fraction of sp³-hybridized carbons (Fsp3) is 0.632. The molecule has 2 heterocycles.